The maximum absolute atomic E-state index is 5.11. The zero-order valence-corrected chi connectivity index (χ0v) is 11.3. The summed E-state index contributed by atoms with van der Waals surface area (Å²) in [5.74, 6) is 0. The molecule has 3 heteroatoms. The molecule has 100 valence electrons. The molecule has 0 spiro atoms. The minimum atomic E-state index is 0.334. The van der Waals surface area contributed by atoms with Gasteiger partial charge in [0.2, 0.25) is 0 Å². The molecule has 0 saturated heterocycles. The van der Waals surface area contributed by atoms with Gasteiger partial charge in [-0.3, -0.25) is 4.98 Å². The Kier molecular flexibility index (Phi) is 5.53. The zero-order valence-electron chi connectivity index (χ0n) is 11.3. The second-order valence-electron chi connectivity index (χ2n) is 4.54. The van der Waals surface area contributed by atoms with E-state index in [1.54, 1.807) is 7.11 Å². The lowest BCUT2D eigenvalue weighted by Gasteiger charge is -2.16. The first kappa shape index (κ1) is 13.7. The van der Waals surface area contributed by atoms with Crippen molar-refractivity contribution in [3.63, 3.8) is 0 Å². The van der Waals surface area contributed by atoms with Crippen LogP contribution in [0.15, 0.2) is 54.9 Å². The molecule has 0 bridgehead atoms. The summed E-state index contributed by atoms with van der Waals surface area (Å²) in [7, 11) is 1.75. The highest BCUT2D eigenvalue weighted by atomic mass is 16.5. The van der Waals surface area contributed by atoms with E-state index in [2.05, 4.69) is 52.8 Å². The van der Waals surface area contributed by atoms with Gasteiger partial charge in [0.25, 0.3) is 0 Å². The molecule has 1 aromatic carbocycles. The van der Waals surface area contributed by atoms with Crippen molar-refractivity contribution >= 4 is 0 Å². The number of benzene rings is 1. The standard InChI is InChI=1S/C16H20N2O/c1-19-13-5-10-18-16(14-6-3-2-4-7-14)15-8-11-17-12-9-15/h2-4,6-9,11-12,16,18H,5,10,13H2,1H3/p+1/t16-/m0/s1. The molecule has 3 nitrogen and oxygen atoms in total. The fourth-order valence-electron chi connectivity index (χ4n) is 2.21. The van der Waals surface area contributed by atoms with E-state index in [4.69, 9.17) is 4.74 Å². The number of rotatable bonds is 7. The SMILES string of the molecule is COCCC[NH2+][C@@H](c1ccccc1)c1ccncc1. The first-order valence-corrected chi connectivity index (χ1v) is 6.69. The number of ether oxygens (including phenoxy) is 1. The highest BCUT2D eigenvalue weighted by Crippen LogP contribution is 2.16. The smallest absolute Gasteiger partial charge is 0.137 e. The number of nitrogens with zero attached hydrogens (tertiary/aromatic N) is 1. The monoisotopic (exact) mass is 257 g/mol. The normalized spacial score (nSPS) is 12.3. The number of pyridine rings is 1. The maximum atomic E-state index is 5.11. The minimum Gasteiger partial charge on any atom is -0.384 e. The third-order valence-electron chi connectivity index (χ3n) is 3.18. The Balaban J connectivity index is 2.10. The topological polar surface area (TPSA) is 38.7 Å². The van der Waals surface area contributed by atoms with Crippen LogP contribution in [0, 0.1) is 0 Å². The van der Waals surface area contributed by atoms with E-state index in [0.717, 1.165) is 19.6 Å². The van der Waals surface area contributed by atoms with Gasteiger partial charge in [-0.15, -0.1) is 0 Å². The van der Waals surface area contributed by atoms with Crippen LogP contribution < -0.4 is 5.32 Å². The number of nitrogens with two attached hydrogens (primary N) is 1. The molecule has 1 aromatic heterocycles. The lowest BCUT2D eigenvalue weighted by Crippen LogP contribution is -2.85. The third-order valence-corrected chi connectivity index (χ3v) is 3.18. The molecule has 2 aromatic rings. The molecule has 0 amide bonds. The first-order valence-electron chi connectivity index (χ1n) is 6.69. The van der Waals surface area contributed by atoms with Gasteiger partial charge in [0, 0.05) is 37.1 Å². The summed E-state index contributed by atoms with van der Waals surface area (Å²) in [6, 6.07) is 15.1. The fraction of sp³-hybridized carbons (Fsp3) is 0.312. The summed E-state index contributed by atoms with van der Waals surface area (Å²) < 4.78 is 5.11. The highest BCUT2D eigenvalue weighted by Gasteiger charge is 2.16. The van der Waals surface area contributed by atoms with Crippen LogP contribution in [0.4, 0.5) is 0 Å². The van der Waals surface area contributed by atoms with Crippen LogP contribution in [0.2, 0.25) is 0 Å². The van der Waals surface area contributed by atoms with Gasteiger partial charge < -0.3 is 10.1 Å². The van der Waals surface area contributed by atoms with Crippen molar-refractivity contribution in [2.24, 2.45) is 0 Å². The van der Waals surface area contributed by atoms with Gasteiger partial charge >= 0.3 is 0 Å². The van der Waals surface area contributed by atoms with E-state index in [1.165, 1.54) is 11.1 Å². The number of quaternary nitrogens is 1. The van der Waals surface area contributed by atoms with Crippen molar-refractivity contribution in [1.82, 2.24) is 4.98 Å². The lowest BCUT2D eigenvalue weighted by molar-refractivity contribution is -0.687. The zero-order chi connectivity index (χ0) is 13.3. The number of hydrogen-bond donors (Lipinski definition) is 1. The number of aromatic nitrogens is 1. The molecule has 0 fully saturated rings. The Morgan fingerprint density at radius 2 is 1.74 bits per heavy atom. The Labute approximate surface area is 114 Å². The van der Waals surface area contributed by atoms with Crippen LogP contribution in [-0.2, 0) is 4.74 Å². The van der Waals surface area contributed by atoms with E-state index in [0.29, 0.717) is 6.04 Å². The second-order valence-corrected chi connectivity index (χ2v) is 4.54. The summed E-state index contributed by atoms with van der Waals surface area (Å²) in [4.78, 5) is 4.10. The fourth-order valence-corrected chi connectivity index (χ4v) is 2.21. The lowest BCUT2D eigenvalue weighted by atomic mass is 9.99. The van der Waals surface area contributed by atoms with Crippen molar-refractivity contribution in [2.45, 2.75) is 12.5 Å². The van der Waals surface area contributed by atoms with Crippen LogP contribution in [0.25, 0.3) is 0 Å². The third kappa shape index (κ3) is 4.16. The molecule has 1 heterocycles. The van der Waals surface area contributed by atoms with Gasteiger partial charge in [-0.25, -0.2) is 0 Å². The summed E-state index contributed by atoms with van der Waals surface area (Å²) in [6.07, 6.45) is 4.77. The average Bonchev–Trinajstić information content (AvgIpc) is 2.49. The Morgan fingerprint density at radius 3 is 2.42 bits per heavy atom. The van der Waals surface area contributed by atoms with Gasteiger partial charge in [0.05, 0.1) is 13.2 Å². The first-order chi connectivity index (χ1) is 9.42. The molecule has 2 N–H and O–H groups in total. The molecule has 0 radical (unpaired) electrons. The van der Waals surface area contributed by atoms with Crippen molar-refractivity contribution in [3.8, 4) is 0 Å². The van der Waals surface area contributed by atoms with E-state index < -0.39 is 0 Å². The van der Waals surface area contributed by atoms with E-state index in [1.807, 2.05) is 12.4 Å². The van der Waals surface area contributed by atoms with E-state index in [9.17, 15) is 0 Å². The molecule has 0 aliphatic heterocycles. The Hall–Kier alpha value is -1.71. The molecule has 0 aliphatic carbocycles. The summed E-state index contributed by atoms with van der Waals surface area (Å²) in [5, 5.41) is 2.36. The van der Waals surface area contributed by atoms with Crippen LogP contribution in [0.3, 0.4) is 0 Å². The number of hydrogen-bond acceptors (Lipinski definition) is 2. The summed E-state index contributed by atoms with van der Waals surface area (Å²) in [6.45, 7) is 1.87. The van der Waals surface area contributed by atoms with Crippen molar-refractivity contribution in [2.75, 3.05) is 20.3 Å². The van der Waals surface area contributed by atoms with Gasteiger partial charge in [0.15, 0.2) is 0 Å². The van der Waals surface area contributed by atoms with Crippen LogP contribution in [0.5, 0.6) is 0 Å². The minimum absolute atomic E-state index is 0.334. The molecule has 0 unspecified atom stereocenters. The van der Waals surface area contributed by atoms with Crippen LogP contribution >= 0.6 is 0 Å². The molecule has 0 aliphatic rings. The van der Waals surface area contributed by atoms with Crippen LogP contribution in [-0.4, -0.2) is 25.2 Å². The quantitative estimate of drug-likeness (QED) is 0.768. The summed E-state index contributed by atoms with van der Waals surface area (Å²) in [5.41, 5.74) is 2.62. The molecule has 0 saturated carbocycles. The van der Waals surface area contributed by atoms with Gasteiger partial charge in [-0.2, -0.15) is 0 Å². The van der Waals surface area contributed by atoms with Gasteiger partial charge in [0.1, 0.15) is 6.04 Å². The molecule has 1 atom stereocenters. The average molecular weight is 257 g/mol. The van der Waals surface area contributed by atoms with Gasteiger partial charge in [-0.05, 0) is 12.1 Å². The van der Waals surface area contributed by atoms with E-state index >= 15 is 0 Å². The predicted octanol–water partition coefficient (Wildman–Crippen LogP) is 1.77. The molecular weight excluding hydrogens is 236 g/mol. The van der Waals surface area contributed by atoms with Crippen molar-refractivity contribution < 1.29 is 10.1 Å². The molecule has 2 rings (SSSR count). The van der Waals surface area contributed by atoms with Gasteiger partial charge in [-0.1, -0.05) is 30.3 Å². The predicted molar refractivity (Wildman–Crippen MR) is 75.8 cm³/mol. The second kappa shape index (κ2) is 7.67. The molecular formula is C16H21N2O+. The Morgan fingerprint density at radius 1 is 1.05 bits per heavy atom. The van der Waals surface area contributed by atoms with Crippen molar-refractivity contribution in [1.29, 1.82) is 0 Å². The van der Waals surface area contributed by atoms with E-state index in [-0.39, 0.29) is 0 Å². The van der Waals surface area contributed by atoms with Crippen molar-refractivity contribution in [3.05, 3.63) is 66.0 Å². The summed E-state index contributed by atoms with van der Waals surface area (Å²) >= 11 is 0. The highest BCUT2D eigenvalue weighted by molar-refractivity contribution is 5.27. The Bertz CT molecular complexity index is 419. The number of methoxy groups -OCH3 is 1. The molecule has 19 heavy (non-hydrogen) atoms. The maximum Gasteiger partial charge on any atom is 0.137 e. The van der Waals surface area contributed by atoms with Crippen LogP contribution in [0.1, 0.15) is 23.6 Å². The largest absolute Gasteiger partial charge is 0.384 e.